The van der Waals surface area contributed by atoms with E-state index in [9.17, 15) is 0 Å². The molecule has 1 aromatic rings. The predicted octanol–water partition coefficient (Wildman–Crippen LogP) is 1.77. The minimum Gasteiger partial charge on any atom is -0.497 e. The SMILES string of the molecule is CCC(CN)CNCc1ccc(OC)cc1. The van der Waals surface area contributed by atoms with Gasteiger partial charge in [0.2, 0.25) is 0 Å². The normalized spacial score (nSPS) is 12.4. The molecule has 0 spiro atoms. The fraction of sp³-hybridized carbons (Fsp3) is 0.538. The average molecular weight is 222 g/mol. The number of ether oxygens (including phenoxy) is 1. The fourth-order valence-corrected chi connectivity index (χ4v) is 1.56. The third kappa shape index (κ3) is 4.21. The number of nitrogens with two attached hydrogens (primary N) is 1. The highest BCUT2D eigenvalue weighted by Gasteiger charge is 2.02. The molecule has 0 aromatic heterocycles. The molecule has 0 saturated carbocycles. The quantitative estimate of drug-likeness (QED) is 0.739. The minimum absolute atomic E-state index is 0.582. The molecule has 0 amide bonds. The van der Waals surface area contributed by atoms with E-state index in [1.54, 1.807) is 7.11 Å². The van der Waals surface area contributed by atoms with Crippen molar-refractivity contribution in [1.29, 1.82) is 0 Å². The van der Waals surface area contributed by atoms with Crippen LogP contribution in [0.4, 0.5) is 0 Å². The monoisotopic (exact) mass is 222 g/mol. The molecule has 1 unspecified atom stereocenters. The Hall–Kier alpha value is -1.06. The summed E-state index contributed by atoms with van der Waals surface area (Å²) in [5.74, 6) is 1.48. The van der Waals surface area contributed by atoms with Crippen LogP contribution in [-0.2, 0) is 6.54 Å². The van der Waals surface area contributed by atoms with Crippen LogP contribution in [0.1, 0.15) is 18.9 Å². The molecule has 0 fully saturated rings. The van der Waals surface area contributed by atoms with Gasteiger partial charge in [-0.1, -0.05) is 25.5 Å². The summed E-state index contributed by atoms with van der Waals surface area (Å²) in [6.07, 6.45) is 1.13. The molecule has 0 heterocycles. The number of hydrogen-bond acceptors (Lipinski definition) is 3. The Labute approximate surface area is 98.0 Å². The standard InChI is InChI=1S/C13H22N2O/c1-3-11(8-14)9-15-10-12-4-6-13(16-2)7-5-12/h4-7,11,15H,3,8-10,14H2,1-2H3. The second kappa shape index (κ2) is 7.25. The van der Waals surface area contributed by atoms with Crippen molar-refractivity contribution in [2.24, 2.45) is 11.7 Å². The van der Waals surface area contributed by atoms with Gasteiger partial charge in [0.05, 0.1) is 7.11 Å². The first-order valence-corrected chi connectivity index (χ1v) is 5.83. The van der Waals surface area contributed by atoms with Crippen molar-refractivity contribution in [2.75, 3.05) is 20.2 Å². The van der Waals surface area contributed by atoms with Gasteiger partial charge in [0.25, 0.3) is 0 Å². The van der Waals surface area contributed by atoms with Crippen LogP contribution in [0.3, 0.4) is 0 Å². The Bertz CT molecular complexity index is 280. The van der Waals surface area contributed by atoms with Crippen LogP contribution in [0.5, 0.6) is 5.75 Å². The van der Waals surface area contributed by atoms with E-state index in [4.69, 9.17) is 10.5 Å². The van der Waals surface area contributed by atoms with Gasteiger partial charge in [-0.15, -0.1) is 0 Å². The van der Waals surface area contributed by atoms with Crippen molar-refractivity contribution in [3.63, 3.8) is 0 Å². The van der Waals surface area contributed by atoms with Gasteiger partial charge in [-0.05, 0) is 36.7 Å². The topological polar surface area (TPSA) is 47.3 Å². The lowest BCUT2D eigenvalue weighted by Gasteiger charge is -2.13. The first kappa shape index (κ1) is 13.0. The van der Waals surface area contributed by atoms with E-state index in [0.717, 1.165) is 31.8 Å². The van der Waals surface area contributed by atoms with Crippen LogP contribution in [-0.4, -0.2) is 20.2 Å². The summed E-state index contributed by atoms with van der Waals surface area (Å²) in [7, 11) is 1.68. The van der Waals surface area contributed by atoms with Gasteiger partial charge in [-0.25, -0.2) is 0 Å². The lowest BCUT2D eigenvalue weighted by atomic mass is 10.1. The molecular weight excluding hydrogens is 200 g/mol. The smallest absolute Gasteiger partial charge is 0.118 e. The van der Waals surface area contributed by atoms with Gasteiger partial charge in [0.1, 0.15) is 5.75 Å². The summed E-state index contributed by atoms with van der Waals surface area (Å²) in [6, 6.07) is 8.12. The van der Waals surface area contributed by atoms with Gasteiger partial charge < -0.3 is 15.8 Å². The number of rotatable bonds is 7. The molecule has 0 radical (unpaired) electrons. The van der Waals surface area contributed by atoms with E-state index in [1.165, 1.54) is 5.56 Å². The van der Waals surface area contributed by atoms with E-state index in [-0.39, 0.29) is 0 Å². The van der Waals surface area contributed by atoms with Gasteiger partial charge >= 0.3 is 0 Å². The lowest BCUT2D eigenvalue weighted by molar-refractivity contribution is 0.414. The molecule has 1 rings (SSSR count). The van der Waals surface area contributed by atoms with Crippen LogP contribution in [0.15, 0.2) is 24.3 Å². The summed E-state index contributed by atoms with van der Waals surface area (Å²) in [5.41, 5.74) is 6.92. The molecule has 90 valence electrons. The Morgan fingerprint density at radius 3 is 2.50 bits per heavy atom. The maximum Gasteiger partial charge on any atom is 0.118 e. The van der Waals surface area contributed by atoms with Crippen LogP contribution < -0.4 is 15.8 Å². The van der Waals surface area contributed by atoms with Crippen LogP contribution >= 0.6 is 0 Å². The van der Waals surface area contributed by atoms with Gasteiger partial charge in [-0.3, -0.25) is 0 Å². The Kier molecular flexibility index (Phi) is 5.90. The molecule has 0 aliphatic carbocycles. The van der Waals surface area contributed by atoms with Crippen molar-refractivity contribution in [2.45, 2.75) is 19.9 Å². The summed E-state index contributed by atoms with van der Waals surface area (Å²) >= 11 is 0. The Morgan fingerprint density at radius 2 is 2.00 bits per heavy atom. The molecule has 0 bridgehead atoms. The average Bonchev–Trinajstić information content (AvgIpc) is 2.35. The summed E-state index contributed by atoms with van der Waals surface area (Å²) < 4.78 is 5.11. The highest BCUT2D eigenvalue weighted by molar-refractivity contribution is 5.26. The second-order valence-electron chi connectivity index (χ2n) is 3.99. The maximum atomic E-state index is 5.64. The number of hydrogen-bond donors (Lipinski definition) is 2. The van der Waals surface area contributed by atoms with E-state index >= 15 is 0 Å². The third-order valence-electron chi connectivity index (χ3n) is 2.83. The van der Waals surface area contributed by atoms with Gasteiger partial charge in [0.15, 0.2) is 0 Å². The molecule has 0 aliphatic rings. The zero-order valence-corrected chi connectivity index (χ0v) is 10.2. The highest BCUT2D eigenvalue weighted by atomic mass is 16.5. The van der Waals surface area contributed by atoms with Crippen molar-refractivity contribution in [1.82, 2.24) is 5.32 Å². The van der Waals surface area contributed by atoms with Crippen molar-refractivity contribution < 1.29 is 4.74 Å². The minimum atomic E-state index is 0.582. The first-order valence-electron chi connectivity index (χ1n) is 5.83. The summed E-state index contributed by atoms with van der Waals surface area (Å²) in [6.45, 7) is 4.80. The summed E-state index contributed by atoms with van der Waals surface area (Å²) in [4.78, 5) is 0. The molecular formula is C13H22N2O. The zero-order valence-electron chi connectivity index (χ0n) is 10.2. The van der Waals surface area contributed by atoms with Crippen LogP contribution in [0.25, 0.3) is 0 Å². The maximum absolute atomic E-state index is 5.64. The van der Waals surface area contributed by atoms with Crippen molar-refractivity contribution in [3.05, 3.63) is 29.8 Å². The molecule has 1 atom stereocenters. The summed E-state index contributed by atoms with van der Waals surface area (Å²) in [5, 5.41) is 3.42. The Morgan fingerprint density at radius 1 is 1.31 bits per heavy atom. The second-order valence-corrected chi connectivity index (χ2v) is 3.99. The highest BCUT2D eigenvalue weighted by Crippen LogP contribution is 2.11. The first-order chi connectivity index (χ1) is 7.80. The molecule has 0 aliphatic heterocycles. The fourth-order valence-electron chi connectivity index (χ4n) is 1.56. The van der Waals surface area contributed by atoms with Gasteiger partial charge in [-0.2, -0.15) is 0 Å². The van der Waals surface area contributed by atoms with Crippen molar-refractivity contribution in [3.8, 4) is 5.75 Å². The van der Waals surface area contributed by atoms with E-state index in [1.807, 2.05) is 12.1 Å². The van der Waals surface area contributed by atoms with E-state index in [2.05, 4.69) is 24.4 Å². The van der Waals surface area contributed by atoms with Crippen LogP contribution in [0.2, 0.25) is 0 Å². The molecule has 3 N–H and O–H groups in total. The predicted molar refractivity (Wildman–Crippen MR) is 67.5 cm³/mol. The molecule has 0 saturated heterocycles. The largest absolute Gasteiger partial charge is 0.497 e. The van der Waals surface area contributed by atoms with Crippen molar-refractivity contribution >= 4 is 0 Å². The lowest BCUT2D eigenvalue weighted by Crippen LogP contribution is -2.27. The molecule has 1 aromatic carbocycles. The third-order valence-corrected chi connectivity index (χ3v) is 2.83. The van der Waals surface area contributed by atoms with Gasteiger partial charge in [0, 0.05) is 6.54 Å². The molecule has 16 heavy (non-hydrogen) atoms. The number of methoxy groups -OCH3 is 1. The number of benzene rings is 1. The van der Waals surface area contributed by atoms with E-state index in [0.29, 0.717) is 5.92 Å². The van der Waals surface area contributed by atoms with Crippen LogP contribution in [0, 0.1) is 5.92 Å². The molecule has 3 heteroatoms. The van der Waals surface area contributed by atoms with E-state index < -0.39 is 0 Å². The zero-order chi connectivity index (χ0) is 11.8. The molecule has 3 nitrogen and oxygen atoms in total. The number of nitrogens with one attached hydrogen (secondary N) is 1. The Balaban J connectivity index is 2.31.